The molecule has 1 aliphatic rings. The maximum atomic E-state index is 10.2. The lowest BCUT2D eigenvalue weighted by atomic mass is 9.76. The lowest BCUT2D eigenvalue weighted by molar-refractivity contribution is -0.0386. The Hall–Kier alpha value is -0.120. The molecule has 1 fully saturated rings. The van der Waals surface area contributed by atoms with Crippen molar-refractivity contribution in [1.29, 1.82) is 0 Å². The fraction of sp³-hybridized carbons (Fsp3) is 1.00. The van der Waals surface area contributed by atoms with Crippen LogP contribution in [0.3, 0.4) is 0 Å². The monoisotopic (exact) mass is 187 g/mol. The lowest BCUT2D eigenvalue weighted by Gasteiger charge is -2.38. The Morgan fingerprint density at radius 2 is 1.85 bits per heavy atom. The van der Waals surface area contributed by atoms with E-state index < -0.39 is 5.60 Å². The number of aliphatic hydroxyl groups excluding tert-OH is 1. The predicted molar refractivity (Wildman–Crippen MR) is 52.5 cm³/mol. The van der Waals surface area contributed by atoms with E-state index in [0.717, 1.165) is 25.9 Å². The Morgan fingerprint density at radius 1 is 1.31 bits per heavy atom. The molecule has 0 aromatic heterocycles. The van der Waals surface area contributed by atoms with Gasteiger partial charge >= 0.3 is 0 Å². The van der Waals surface area contributed by atoms with Crippen molar-refractivity contribution in [3.05, 3.63) is 0 Å². The van der Waals surface area contributed by atoms with Crippen molar-refractivity contribution in [1.82, 2.24) is 5.32 Å². The van der Waals surface area contributed by atoms with Gasteiger partial charge < -0.3 is 15.5 Å². The number of piperidine rings is 1. The van der Waals surface area contributed by atoms with E-state index in [1.807, 2.05) is 13.8 Å². The van der Waals surface area contributed by atoms with Crippen molar-refractivity contribution in [2.75, 3.05) is 19.7 Å². The Kier molecular flexibility index (Phi) is 3.33. The maximum absolute atomic E-state index is 10.2. The summed E-state index contributed by atoms with van der Waals surface area (Å²) in [6.07, 6.45) is 2.30. The predicted octanol–water partition coefficient (Wildman–Crippen LogP) is 0.509. The molecule has 0 radical (unpaired) electrons. The molecule has 0 aromatic carbocycles. The molecular weight excluding hydrogens is 166 g/mol. The van der Waals surface area contributed by atoms with Gasteiger partial charge in [0.1, 0.15) is 0 Å². The average Bonchev–Trinajstić information content (AvgIpc) is 2.04. The van der Waals surface area contributed by atoms with Crippen LogP contribution in [-0.4, -0.2) is 35.5 Å². The van der Waals surface area contributed by atoms with Crippen molar-refractivity contribution in [2.45, 2.75) is 38.7 Å². The zero-order valence-corrected chi connectivity index (χ0v) is 8.64. The quantitative estimate of drug-likeness (QED) is 0.603. The molecule has 0 bridgehead atoms. The molecule has 0 amide bonds. The van der Waals surface area contributed by atoms with Crippen LogP contribution < -0.4 is 5.32 Å². The van der Waals surface area contributed by atoms with Crippen molar-refractivity contribution >= 4 is 0 Å². The molecular formula is C10H21NO2. The first-order valence-corrected chi connectivity index (χ1v) is 5.01. The molecule has 3 N–H and O–H groups in total. The van der Waals surface area contributed by atoms with Gasteiger partial charge in [-0.2, -0.15) is 0 Å². The van der Waals surface area contributed by atoms with Crippen LogP contribution in [0.15, 0.2) is 0 Å². The summed E-state index contributed by atoms with van der Waals surface area (Å²) in [7, 11) is 0. The Labute approximate surface area is 80.2 Å². The summed E-state index contributed by atoms with van der Waals surface area (Å²) < 4.78 is 0. The van der Waals surface area contributed by atoms with Crippen LogP contribution in [-0.2, 0) is 0 Å². The highest BCUT2D eigenvalue weighted by atomic mass is 16.3. The maximum Gasteiger partial charge on any atom is 0.0677 e. The van der Waals surface area contributed by atoms with Gasteiger partial charge in [-0.05, 0) is 37.8 Å². The van der Waals surface area contributed by atoms with Gasteiger partial charge in [0.05, 0.1) is 5.60 Å². The Balaban J connectivity index is 2.49. The third-order valence-electron chi connectivity index (χ3n) is 2.77. The van der Waals surface area contributed by atoms with E-state index in [2.05, 4.69) is 5.32 Å². The molecule has 0 saturated carbocycles. The number of aliphatic hydroxyl groups is 2. The minimum atomic E-state index is -0.558. The van der Waals surface area contributed by atoms with Gasteiger partial charge in [-0.15, -0.1) is 0 Å². The molecule has 0 atom stereocenters. The normalized spacial score (nSPS) is 23.1. The van der Waals surface area contributed by atoms with Gasteiger partial charge in [0.15, 0.2) is 0 Å². The van der Waals surface area contributed by atoms with Crippen LogP contribution in [0.1, 0.15) is 33.1 Å². The fourth-order valence-corrected chi connectivity index (χ4v) is 2.02. The van der Waals surface area contributed by atoms with E-state index in [1.54, 1.807) is 0 Å². The summed E-state index contributed by atoms with van der Waals surface area (Å²) in [5.74, 6) is 0. The summed E-state index contributed by atoms with van der Waals surface area (Å²) in [5.41, 5.74) is -0.719. The first kappa shape index (κ1) is 11.0. The van der Waals surface area contributed by atoms with Crippen molar-refractivity contribution < 1.29 is 10.2 Å². The zero-order chi connectivity index (χ0) is 9.95. The van der Waals surface area contributed by atoms with Crippen molar-refractivity contribution in [3.63, 3.8) is 0 Å². The van der Waals surface area contributed by atoms with Gasteiger partial charge in [-0.3, -0.25) is 0 Å². The molecule has 1 heterocycles. The first-order chi connectivity index (χ1) is 5.97. The topological polar surface area (TPSA) is 52.5 Å². The molecule has 3 heteroatoms. The molecule has 13 heavy (non-hydrogen) atoms. The van der Waals surface area contributed by atoms with Crippen LogP contribution in [0.25, 0.3) is 0 Å². The summed E-state index contributed by atoms with van der Waals surface area (Å²) in [4.78, 5) is 0. The van der Waals surface area contributed by atoms with Gasteiger partial charge in [0, 0.05) is 6.61 Å². The molecule has 0 aliphatic carbocycles. The van der Waals surface area contributed by atoms with Crippen molar-refractivity contribution in [2.24, 2.45) is 5.41 Å². The standard InChI is InChI=1S/C10H21NO2/c1-9(2,8-12)7-10(13)3-5-11-6-4-10/h11-13H,3-8H2,1-2H3. The molecule has 0 unspecified atom stereocenters. The van der Waals surface area contributed by atoms with E-state index in [1.165, 1.54) is 0 Å². The van der Waals surface area contributed by atoms with Gasteiger partial charge in [0.25, 0.3) is 0 Å². The minimum Gasteiger partial charge on any atom is -0.396 e. The number of hydrogen-bond acceptors (Lipinski definition) is 3. The Bertz CT molecular complexity index is 162. The van der Waals surface area contributed by atoms with Crippen LogP contribution in [0.4, 0.5) is 0 Å². The first-order valence-electron chi connectivity index (χ1n) is 5.01. The third kappa shape index (κ3) is 3.25. The molecule has 3 nitrogen and oxygen atoms in total. The minimum absolute atomic E-state index is 0.142. The number of nitrogens with one attached hydrogen (secondary N) is 1. The van der Waals surface area contributed by atoms with Crippen LogP contribution >= 0.6 is 0 Å². The fourth-order valence-electron chi connectivity index (χ4n) is 2.02. The molecule has 0 aromatic rings. The van der Waals surface area contributed by atoms with E-state index in [-0.39, 0.29) is 12.0 Å². The SMILES string of the molecule is CC(C)(CO)CC1(O)CCNCC1. The molecule has 1 rings (SSSR count). The second kappa shape index (κ2) is 3.95. The number of hydrogen-bond donors (Lipinski definition) is 3. The van der Waals surface area contributed by atoms with Crippen LogP contribution in [0, 0.1) is 5.41 Å². The van der Waals surface area contributed by atoms with E-state index in [4.69, 9.17) is 5.11 Å². The highest BCUT2D eigenvalue weighted by Crippen LogP contribution is 2.32. The second-order valence-corrected chi connectivity index (χ2v) is 4.97. The molecule has 0 spiro atoms. The van der Waals surface area contributed by atoms with Gasteiger partial charge in [-0.1, -0.05) is 13.8 Å². The van der Waals surface area contributed by atoms with E-state index in [0.29, 0.717) is 6.42 Å². The summed E-state index contributed by atoms with van der Waals surface area (Å²) >= 11 is 0. The highest BCUT2D eigenvalue weighted by molar-refractivity contribution is 4.89. The highest BCUT2D eigenvalue weighted by Gasteiger charge is 2.35. The van der Waals surface area contributed by atoms with Crippen LogP contribution in [0.2, 0.25) is 0 Å². The van der Waals surface area contributed by atoms with E-state index in [9.17, 15) is 5.11 Å². The number of rotatable bonds is 3. The smallest absolute Gasteiger partial charge is 0.0677 e. The Morgan fingerprint density at radius 3 is 2.31 bits per heavy atom. The summed E-state index contributed by atoms with van der Waals surface area (Å²) in [6, 6.07) is 0. The molecule has 1 saturated heterocycles. The van der Waals surface area contributed by atoms with Crippen molar-refractivity contribution in [3.8, 4) is 0 Å². The van der Waals surface area contributed by atoms with E-state index >= 15 is 0 Å². The largest absolute Gasteiger partial charge is 0.396 e. The van der Waals surface area contributed by atoms with Gasteiger partial charge in [0.2, 0.25) is 0 Å². The summed E-state index contributed by atoms with van der Waals surface area (Å²) in [6.45, 7) is 5.90. The van der Waals surface area contributed by atoms with Gasteiger partial charge in [-0.25, -0.2) is 0 Å². The molecule has 1 aliphatic heterocycles. The average molecular weight is 187 g/mol. The molecule has 78 valence electrons. The second-order valence-electron chi connectivity index (χ2n) is 4.97. The summed E-state index contributed by atoms with van der Waals surface area (Å²) in [5, 5.41) is 22.5. The lowest BCUT2D eigenvalue weighted by Crippen LogP contribution is -2.45. The zero-order valence-electron chi connectivity index (χ0n) is 8.64. The third-order valence-corrected chi connectivity index (χ3v) is 2.77. The van der Waals surface area contributed by atoms with Crippen LogP contribution in [0.5, 0.6) is 0 Å².